The molecule has 1 aromatic carbocycles. The number of benzene rings is 1. The maximum Gasteiger partial charge on any atom is 0.191 e. The first kappa shape index (κ1) is 13.2. The van der Waals surface area contributed by atoms with Crippen molar-refractivity contribution in [2.75, 3.05) is 0 Å². The molecule has 0 aliphatic heterocycles. The van der Waals surface area contributed by atoms with Crippen LogP contribution >= 0.6 is 11.8 Å². The molecule has 2 aromatic rings. The lowest BCUT2D eigenvalue weighted by molar-refractivity contribution is 0.318. The van der Waals surface area contributed by atoms with Crippen LogP contribution in [-0.4, -0.2) is 21.0 Å². The van der Waals surface area contributed by atoms with Gasteiger partial charge in [-0.3, -0.25) is 0 Å². The number of hydrogen-bond donors (Lipinski definition) is 2. The van der Waals surface area contributed by atoms with Crippen LogP contribution in [0.2, 0.25) is 0 Å². The van der Waals surface area contributed by atoms with Crippen molar-refractivity contribution in [1.82, 2.24) is 9.97 Å². The topological polar surface area (TPSA) is 84.4 Å². The molecule has 0 radical (unpaired) electrons. The molecule has 0 aliphatic carbocycles. The second-order valence-electron chi connectivity index (χ2n) is 3.37. The number of oxime groups is 1. The van der Waals surface area contributed by atoms with Gasteiger partial charge in [-0.25, -0.2) is 18.7 Å². The fourth-order valence-corrected chi connectivity index (χ4v) is 2.15. The van der Waals surface area contributed by atoms with E-state index in [1.54, 1.807) is 0 Å². The molecule has 0 bridgehead atoms. The van der Waals surface area contributed by atoms with Crippen LogP contribution in [0.5, 0.6) is 0 Å². The van der Waals surface area contributed by atoms with E-state index in [1.165, 1.54) is 18.5 Å². The van der Waals surface area contributed by atoms with Gasteiger partial charge in [0.1, 0.15) is 22.4 Å². The number of nitrogens with two attached hydrogens (primary N) is 1. The lowest BCUT2D eigenvalue weighted by atomic mass is 10.3. The minimum absolute atomic E-state index is 0.124. The number of aromatic nitrogens is 2. The van der Waals surface area contributed by atoms with E-state index in [1.807, 2.05) is 0 Å². The average molecular weight is 282 g/mol. The molecule has 0 saturated heterocycles. The summed E-state index contributed by atoms with van der Waals surface area (Å²) in [6.07, 6.45) is 2.75. The van der Waals surface area contributed by atoms with Gasteiger partial charge in [-0.05, 0) is 12.1 Å². The highest BCUT2D eigenvalue weighted by molar-refractivity contribution is 7.99. The molecule has 0 saturated carbocycles. The fraction of sp³-hybridized carbons (Fsp3) is 0. The van der Waals surface area contributed by atoms with Gasteiger partial charge >= 0.3 is 0 Å². The summed E-state index contributed by atoms with van der Waals surface area (Å²) >= 11 is 0.906. The quantitative estimate of drug-likeness (QED) is 0.389. The minimum Gasteiger partial charge on any atom is -0.409 e. The van der Waals surface area contributed by atoms with Gasteiger partial charge < -0.3 is 10.9 Å². The number of amidine groups is 1. The Morgan fingerprint density at radius 1 is 1.26 bits per heavy atom. The zero-order valence-corrected chi connectivity index (χ0v) is 10.2. The zero-order chi connectivity index (χ0) is 13.8. The van der Waals surface area contributed by atoms with E-state index < -0.39 is 11.6 Å². The zero-order valence-electron chi connectivity index (χ0n) is 9.42. The van der Waals surface area contributed by atoms with Gasteiger partial charge in [-0.15, -0.1) is 0 Å². The molecule has 19 heavy (non-hydrogen) atoms. The third-order valence-corrected chi connectivity index (χ3v) is 3.16. The second kappa shape index (κ2) is 5.61. The number of hydrogen-bond acceptors (Lipinski definition) is 5. The highest BCUT2D eigenvalue weighted by atomic mass is 32.2. The van der Waals surface area contributed by atoms with Crippen molar-refractivity contribution in [2.45, 2.75) is 9.92 Å². The predicted octanol–water partition coefficient (Wildman–Crippen LogP) is 2.00. The van der Waals surface area contributed by atoms with E-state index in [0.717, 1.165) is 23.9 Å². The monoisotopic (exact) mass is 282 g/mol. The van der Waals surface area contributed by atoms with Crippen molar-refractivity contribution in [2.24, 2.45) is 10.9 Å². The molecule has 0 fully saturated rings. The molecular formula is C11H8F2N4OS. The Morgan fingerprint density at radius 3 is 2.68 bits per heavy atom. The molecular weight excluding hydrogens is 274 g/mol. The molecule has 2 rings (SSSR count). The Hall–Kier alpha value is -2.22. The molecule has 0 atom stereocenters. The molecule has 1 aromatic heterocycles. The Balaban J connectivity index is 2.38. The van der Waals surface area contributed by atoms with Gasteiger partial charge in [0.15, 0.2) is 5.84 Å². The summed E-state index contributed by atoms with van der Waals surface area (Å²) in [6.45, 7) is 0. The van der Waals surface area contributed by atoms with Crippen LogP contribution in [0.4, 0.5) is 8.78 Å². The number of nitrogens with zero attached hydrogens (tertiary/aromatic N) is 3. The summed E-state index contributed by atoms with van der Waals surface area (Å²) in [6, 6.07) is 3.17. The summed E-state index contributed by atoms with van der Waals surface area (Å²) in [5, 5.41) is 11.7. The maximum absolute atomic E-state index is 13.5. The van der Waals surface area contributed by atoms with E-state index in [2.05, 4.69) is 15.1 Å². The summed E-state index contributed by atoms with van der Waals surface area (Å²) in [5.41, 5.74) is 5.57. The first-order valence-corrected chi connectivity index (χ1v) is 5.85. The van der Waals surface area contributed by atoms with Gasteiger partial charge in [0.2, 0.25) is 0 Å². The van der Waals surface area contributed by atoms with Crippen LogP contribution in [0.25, 0.3) is 0 Å². The molecule has 3 N–H and O–H groups in total. The average Bonchev–Trinajstić information content (AvgIpc) is 2.41. The minimum atomic E-state index is -0.721. The van der Waals surface area contributed by atoms with Crippen molar-refractivity contribution in [3.05, 3.63) is 47.9 Å². The molecule has 0 aliphatic rings. The third-order valence-electron chi connectivity index (χ3n) is 2.12. The van der Waals surface area contributed by atoms with Gasteiger partial charge in [0.05, 0.1) is 0 Å². The van der Waals surface area contributed by atoms with Crippen LogP contribution < -0.4 is 5.73 Å². The summed E-state index contributed by atoms with van der Waals surface area (Å²) in [7, 11) is 0. The number of halogens is 2. The summed E-state index contributed by atoms with van der Waals surface area (Å²) < 4.78 is 26.3. The first-order chi connectivity index (χ1) is 9.11. The molecule has 0 spiro atoms. The maximum atomic E-state index is 13.5. The van der Waals surface area contributed by atoms with E-state index in [9.17, 15) is 8.78 Å². The van der Waals surface area contributed by atoms with E-state index >= 15 is 0 Å². The van der Waals surface area contributed by atoms with Crippen molar-refractivity contribution in [3.63, 3.8) is 0 Å². The predicted molar refractivity (Wildman–Crippen MR) is 65.0 cm³/mol. The lowest BCUT2D eigenvalue weighted by Gasteiger charge is -2.06. The Bertz CT molecular complexity index is 636. The summed E-state index contributed by atoms with van der Waals surface area (Å²) in [4.78, 5) is 8.03. The normalized spacial score (nSPS) is 11.6. The molecule has 0 unspecified atom stereocenters. The van der Waals surface area contributed by atoms with E-state index in [-0.39, 0.29) is 21.5 Å². The molecule has 0 amide bonds. The Labute approximate surface area is 111 Å². The van der Waals surface area contributed by atoms with Crippen molar-refractivity contribution in [1.29, 1.82) is 0 Å². The largest absolute Gasteiger partial charge is 0.409 e. The molecule has 98 valence electrons. The molecule has 5 nitrogen and oxygen atoms in total. The second-order valence-corrected chi connectivity index (χ2v) is 4.40. The van der Waals surface area contributed by atoms with Gasteiger partial charge in [-0.1, -0.05) is 16.9 Å². The standard InChI is InChI=1S/C11H8F2N4OS/c12-6-1-2-8(7(13)5-6)19-11-9(10(14)17-18)15-3-4-16-11/h1-5,18H,(H2,14,17). The highest BCUT2D eigenvalue weighted by Crippen LogP contribution is 2.30. The van der Waals surface area contributed by atoms with Gasteiger partial charge in [-0.2, -0.15) is 0 Å². The Morgan fingerprint density at radius 2 is 2.00 bits per heavy atom. The number of rotatable bonds is 3. The summed E-state index contributed by atoms with van der Waals surface area (Å²) in [5.74, 6) is -1.63. The molecule has 8 heteroatoms. The van der Waals surface area contributed by atoms with Crippen LogP contribution in [0.1, 0.15) is 5.69 Å². The van der Waals surface area contributed by atoms with Crippen LogP contribution in [0.15, 0.2) is 45.7 Å². The van der Waals surface area contributed by atoms with E-state index in [0.29, 0.717) is 0 Å². The van der Waals surface area contributed by atoms with E-state index in [4.69, 9.17) is 10.9 Å². The first-order valence-electron chi connectivity index (χ1n) is 5.03. The third kappa shape index (κ3) is 2.97. The van der Waals surface area contributed by atoms with Crippen LogP contribution in [-0.2, 0) is 0 Å². The van der Waals surface area contributed by atoms with Crippen LogP contribution in [0.3, 0.4) is 0 Å². The molecule has 1 heterocycles. The highest BCUT2D eigenvalue weighted by Gasteiger charge is 2.13. The smallest absolute Gasteiger partial charge is 0.191 e. The van der Waals surface area contributed by atoms with Gasteiger partial charge in [0, 0.05) is 23.4 Å². The van der Waals surface area contributed by atoms with Crippen molar-refractivity contribution >= 4 is 17.6 Å². The van der Waals surface area contributed by atoms with Crippen molar-refractivity contribution in [3.8, 4) is 0 Å². The van der Waals surface area contributed by atoms with Gasteiger partial charge in [0.25, 0.3) is 0 Å². The van der Waals surface area contributed by atoms with Crippen molar-refractivity contribution < 1.29 is 14.0 Å². The lowest BCUT2D eigenvalue weighted by Crippen LogP contribution is -2.16. The SMILES string of the molecule is NC(=NO)c1nccnc1Sc1ccc(F)cc1F. The fourth-order valence-electron chi connectivity index (χ4n) is 1.29. The van der Waals surface area contributed by atoms with Crippen LogP contribution in [0, 0.1) is 11.6 Å². The Kier molecular flexibility index (Phi) is 3.91.